The summed E-state index contributed by atoms with van der Waals surface area (Å²) < 4.78 is 10.4. The molecule has 114 valence electrons. The number of nitrogens with one attached hydrogen (secondary N) is 2. The van der Waals surface area contributed by atoms with Gasteiger partial charge in [-0.05, 0) is 32.0 Å². The number of Topliss-reactive ketones (excluding diaryl/α,β-unsaturated/α-hetero) is 1. The highest BCUT2D eigenvalue weighted by molar-refractivity contribution is 6.00. The second-order valence-corrected chi connectivity index (χ2v) is 4.86. The van der Waals surface area contributed by atoms with E-state index in [0.717, 1.165) is 0 Å². The smallest absolute Gasteiger partial charge is 0.237 e. The molecule has 0 aromatic heterocycles. The van der Waals surface area contributed by atoms with E-state index in [0.29, 0.717) is 17.1 Å². The van der Waals surface area contributed by atoms with E-state index >= 15 is 0 Å². The Morgan fingerprint density at radius 1 is 1.29 bits per heavy atom. The summed E-state index contributed by atoms with van der Waals surface area (Å²) in [7, 11) is 0. The maximum Gasteiger partial charge on any atom is 0.237 e. The van der Waals surface area contributed by atoms with Gasteiger partial charge >= 0.3 is 0 Å². The number of benzene rings is 1. The average Bonchev–Trinajstić information content (AvgIpc) is 2.93. The van der Waals surface area contributed by atoms with Crippen LogP contribution < -0.4 is 25.8 Å². The largest absolute Gasteiger partial charge is 0.454 e. The third kappa shape index (κ3) is 3.71. The van der Waals surface area contributed by atoms with Crippen LogP contribution >= 0.6 is 0 Å². The van der Waals surface area contributed by atoms with Gasteiger partial charge in [-0.2, -0.15) is 0 Å². The van der Waals surface area contributed by atoms with Crippen molar-refractivity contribution in [2.24, 2.45) is 5.73 Å². The quantitative estimate of drug-likeness (QED) is 0.504. The number of rotatable bonds is 6. The van der Waals surface area contributed by atoms with Crippen LogP contribution in [0.25, 0.3) is 0 Å². The Morgan fingerprint density at radius 3 is 2.71 bits per heavy atom. The number of nitrogens with two attached hydrogens (primary N) is 1. The molecule has 7 nitrogen and oxygen atoms in total. The molecule has 1 amide bonds. The van der Waals surface area contributed by atoms with Crippen molar-refractivity contribution in [3.63, 3.8) is 0 Å². The van der Waals surface area contributed by atoms with Crippen molar-refractivity contribution >= 4 is 11.7 Å². The van der Waals surface area contributed by atoms with E-state index in [1.54, 1.807) is 32.0 Å². The van der Waals surface area contributed by atoms with Crippen LogP contribution in [0.3, 0.4) is 0 Å². The van der Waals surface area contributed by atoms with Crippen molar-refractivity contribution in [1.29, 1.82) is 0 Å². The van der Waals surface area contributed by atoms with Crippen LogP contribution in [0.15, 0.2) is 18.2 Å². The molecular weight excluding hydrogens is 274 g/mol. The summed E-state index contributed by atoms with van der Waals surface area (Å²) in [6.07, 6.45) is 0. The first-order chi connectivity index (χ1) is 9.99. The molecule has 0 saturated heterocycles. The van der Waals surface area contributed by atoms with Gasteiger partial charge in [0, 0.05) is 5.56 Å². The molecule has 1 aliphatic rings. The standard InChI is InChI=1S/C14H19N3O4/c1-8(15)14(19)17-6-16-9(2)13(18)10-3-4-11-12(5-10)21-7-20-11/h3-5,8-9,16H,6-7,15H2,1-2H3,(H,17,19). The van der Waals surface area contributed by atoms with Gasteiger partial charge in [0.2, 0.25) is 12.7 Å². The molecule has 1 aromatic carbocycles. The Balaban J connectivity index is 1.89. The zero-order valence-corrected chi connectivity index (χ0v) is 12.0. The number of amides is 1. The molecule has 21 heavy (non-hydrogen) atoms. The van der Waals surface area contributed by atoms with Crippen molar-refractivity contribution in [3.05, 3.63) is 23.8 Å². The molecule has 0 radical (unpaired) electrons. The van der Waals surface area contributed by atoms with Gasteiger partial charge in [-0.1, -0.05) is 0 Å². The fourth-order valence-corrected chi connectivity index (χ4v) is 1.84. The van der Waals surface area contributed by atoms with E-state index < -0.39 is 12.1 Å². The summed E-state index contributed by atoms with van der Waals surface area (Å²) in [5.41, 5.74) is 5.95. The van der Waals surface area contributed by atoms with Crippen LogP contribution in [-0.2, 0) is 4.79 Å². The minimum atomic E-state index is -0.577. The summed E-state index contributed by atoms with van der Waals surface area (Å²) in [6.45, 7) is 3.67. The van der Waals surface area contributed by atoms with Crippen molar-refractivity contribution in [3.8, 4) is 11.5 Å². The van der Waals surface area contributed by atoms with Crippen LogP contribution in [0.1, 0.15) is 24.2 Å². The van der Waals surface area contributed by atoms with E-state index in [-0.39, 0.29) is 25.2 Å². The first kappa shape index (κ1) is 15.3. The van der Waals surface area contributed by atoms with Gasteiger partial charge in [-0.3, -0.25) is 14.9 Å². The highest BCUT2D eigenvalue weighted by Crippen LogP contribution is 2.32. The zero-order valence-electron chi connectivity index (χ0n) is 12.0. The van der Waals surface area contributed by atoms with Crippen LogP contribution in [0, 0.1) is 0 Å². The lowest BCUT2D eigenvalue weighted by Gasteiger charge is -2.14. The van der Waals surface area contributed by atoms with Crippen LogP contribution in [0.4, 0.5) is 0 Å². The second kappa shape index (κ2) is 6.55. The number of carbonyl (C=O) groups is 2. The lowest BCUT2D eigenvalue weighted by Crippen LogP contribution is -2.46. The number of carbonyl (C=O) groups excluding carboxylic acids is 2. The summed E-state index contributed by atoms with van der Waals surface area (Å²) in [5.74, 6) is 0.836. The molecule has 0 bridgehead atoms. The van der Waals surface area contributed by atoms with Gasteiger partial charge in [-0.25, -0.2) is 0 Å². The maximum absolute atomic E-state index is 12.3. The second-order valence-electron chi connectivity index (χ2n) is 4.86. The fourth-order valence-electron chi connectivity index (χ4n) is 1.84. The van der Waals surface area contributed by atoms with Crippen LogP contribution in [0.5, 0.6) is 11.5 Å². The topological polar surface area (TPSA) is 103 Å². The molecule has 0 spiro atoms. The van der Waals surface area contributed by atoms with Gasteiger partial charge in [0.1, 0.15) is 0 Å². The predicted molar refractivity (Wildman–Crippen MR) is 76.2 cm³/mol. The van der Waals surface area contributed by atoms with Crippen LogP contribution in [0.2, 0.25) is 0 Å². The van der Waals surface area contributed by atoms with E-state index in [4.69, 9.17) is 15.2 Å². The number of ether oxygens (including phenoxy) is 2. The highest BCUT2D eigenvalue weighted by atomic mass is 16.7. The van der Waals surface area contributed by atoms with Gasteiger partial charge in [0.15, 0.2) is 17.3 Å². The third-order valence-electron chi connectivity index (χ3n) is 3.13. The molecular formula is C14H19N3O4. The van der Waals surface area contributed by atoms with Crippen molar-refractivity contribution < 1.29 is 19.1 Å². The highest BCUT2D eigenvalue weighted by Gasteiger charge is 2.19. The van der Waals surface area contributed by atoms with Crippen molar-refractivity contribution in [2.45, 2.75) is 25.9 Å². The lowest BCUT2D eigenvalue weighted by molar-refractivity contribution is -0.122. The molecule has 1 aliphatic heterocycles. The normalized spacial score (nSPS) is 15.4. The Bertz CT molecular complexity index is 545. The summed E-state index contributed by atoms with van der Waals surface area (Å²) in [4.78, 5) is 23.6. The van der Waals surface area contributed by atoms with Gasteiger partial charge < -0.3 is 20.5 Å². The van der Waals surface area contributed by atoms with E-state index in [9.17, 15) is 9.59 Å². The number of hydrogen-bond acceptors (Lipinski definition) is 6. The molecule has 2 unspecified atom stereocenters. The first-order valence-electron chi connectivity index (χ1n) is 6.69. The Hall–Kier alpha value is -2.12. The zero-order chi connectivity index (χ0) is 15.4. The predicted octanol–water partition coefficient (Wildman–Crippen LogP) is -0.00300. The monoisotopic (exact) mass is 293 g/mol. The minimum Gasteiger partial charge on any atom is -0.454 e. The molecule has 0 aliphatic carbocycles. The summed E-state index contributed by atoms with van der Waals surface area (Å²) in [5, 5.41) is 5.51. The Morgan fingerprint density at radius 2 is 2.00 bits per heavy atom. The van der Waals surface area contributed by atoms with E-state index in [1.165, 1.54) is 0 Å². The number of ketones is 1. The SMILES string of the molecule is CC(N)C(=O)NCNC(C)C(=O)c1ccc2c(c1)OCO2. The average molecular weight is 293 g/mol. The molecule has 2 atom stereocenters. The van der Waals surface area contributed by atoms with Gasteiger partial charge in [0.25, 0.3) is 0 Å². The number of fused-ring (bicyclic) bond motifs is 1. The van der Waals surface area contributed by atoms with Gasteiger partial charge in [-0.15, -0.1) is 0 Å². The maximum atomic E-state index is 12.3. The molecule has 7 heteroatoms. The van der Waals surface area contributed by atoms with Crippen molar-refractivity contribution in [1.82, 2.24) is 10.6 Å². The lowest BCUT2D eigenvalue weighted by atomic mass is 10.1. The molecule has 1 heterocycles. The Labute approximate surface area is 122 Å². The minimum absolute atomic E-state index is 0.0941. The van der Waals surface area contributed by atoms with E-state index in [1.807, 2.05) is 0 Å². The molecule has 2 rings (SSSR count). The molecule has 1 aromatic rings. The fraction of sp³-hybridized carbons (Fsp3) is 0.429. The third-order valence-corrected chi connectivity index (χ3v) is 3.13. The summed E-state index contributed by atoms with van der Waals surface area (Å²) >= 11 is 0. The van der Waals surface area contributed by atoms with Gasteiger partial charge in [0.05, 0.1) is 18.8 Å². The van der Waals surface area contributed by atoms with Crippen molar-refractivity contribution in [2.75, 3.05) is 13.5 Å². The molecule has 4 N–H and O–H groups in total. The summed E-state index contributed by atoms with van der Waals surface area (Å²) in [6, 6.07) is 4.03. The molecule has 0 saturated carbocycles. The van der Waals surface area contributed by atoms with Crippen LogP contribution in [-0.4, -0.2) is 37.2 Å². The van der Waals surface area contributed by atoms with E-state index in [2.05, 4.69) is 10.6 Å². The molecule has 0 fully saturated rings. The Kier molecular flexibility index (Phi) is 4.77. The first-order valence-corrected chi connectivity index (χ1v) is 6.69. The number of hydrogen-bond donors (Lipinski definition) is 3.